The minimum Gasteiger partial charge on any atom is -0.357 e. The molecule has 0 saturated carbocycles. The first-order chi connectivity index (χ1) is 14.4. The maximum absolute atomic E-state index is 12.6. The Kier molecular flexibility index (Phi) is 8.18. The summed E-state index contributed by atoms with van der Waals surface area (Å²) < 4.78 is 37.8. The molecule has 0 spiro atoms. The van der Waals surface area contributed by atoms with Crippen LogP contribution in [-0.4, -0.2) is 67.3 Å². The lowest BCUT2D eigenvalue weighted by Gasteiger charge is -2.21. The molecule has 2 aliphatic heterocycles. The van der Waals surface area contributed by atoms with Gasteiger partial charge < -0.3 is 15.5 Å². The fourth-order valence-electron chi connectivity index (χ4n) is 4.03. The van der Waals surface area contributed by atoms with E-state index in [-0.39, 0.29) is 6.04 Å². The summed E-state index contributed by atoms with van der Waals surface area (Å²) in [6.45, 7) is 5.22. The van der Waals surface area contributed by atoms with Gasteiger partial charge in [-0.3, -0.25) is 4.90 Å². The highest BCUT2D eigenvalue weighted by molar-refractivity contribution is 5.80. The Bertz CT molecular complexity index is 668. The van der Waals surface area contributed by atoms with E-state index in [1.165, 1.54) is 30.6 Å². The van der Waals surface area contributed by atoms with E-state index >= 15 is 0 Å². The van der Waals surface area contributed by atoms with Gasteiger partial charge in [-0.05, 0) is 37.8 Å². The van der Waals surface area contributed by atoms with Gasteiger partial charge in [0.15, 0.2) is 5.96 Å². The van der Waals surface area contributed by atoms with Gasteiger partial charge in [0, 0.05) is 45.0 Å². The number of halogens is 3. The quantitative estimate of drug-likeness (QED) is 0.541. The van der Waals surface area contributed by atoms with Crippen molar-refractivity contribution in [2.24, 2.45) is 4.99 Å². The normalized spacial score (nSPS) is 21.5. The molecular weight excluding hydrogens is 393 g/mol. The summed E-state index contributed by atoms with van der Waals surface area (Å²) in [5, 5.41) is 6.46. The third kappa shape index (κ3) is 7.34. The first kappa shape index (κ1) is 22.7. The third-order valence-corrected chi connectivity index (χ3v) is 5.52. The maximum atomic E-state index is 12.6. The average molecular weight is 427 g/mol. The molecule has 9 heteroatoms. The van der Waals surface area contributed by atoms with Crippen molar-refractivity contribution < 1.29 is 13.2 Å². The molecular formula is C21H33F3N6. The summed E-state index contributed by atoms with van der Waals surface area (Å²) in [7, 11) is 0. The molecule has 0 aromatic carbocycles. The largest absolute Gasteiger partial charge is 0.401 e. The zero-order valence-electron chi connectivity index (χ0n) is 17.7. The molecule has 2 fully saturated rings. The number of pyridine rings is 1. The Labute approximate surface area is 176 Å². The molecule has 0 bridgehead atoms. The molecule has 1 aromatic rings. The van der Waals surface area contributed by atoms with Crippen LogP contribution >= 0.6 is 0 Å². The van der Waals surface area contributed by atoms with E-state index in [1.807, 2.05) is 13.1 Å². The summed E-state index contributed by atoms with van der Waals surface area (Å²) in [5.41, 5.74) is 1.01. The Morgan fingerprint density at radius 1 is 1.17 bits per heavy atom. The van der Waals surface area contributed by atoms with E-state index in [0.29, 0.717) is 38.6 Å². The molecule has 1 aromatic heterocycles. The Hall–Kier alpha value is -2.03. The number of aliphatic imine (C=N–C) groups is 1. The molecule has 3 heterocycles. The first-order valence-electron chi connectivity index (χ1n) is 11.0. The van der Waals surface area contributed by atoms with Crippen LogP contribution in [0, 0.1) is 0 Å². The lowest BCUT2D eigenvalue weighted by Crippen LogP contribution is -2.45. The Morgan fingerprint density at radius 3 is 2.57 bits per heavy atom. The van der Waals surface area contributed by atoms with Crippen LogP contribution in [0.3, 0.4) is 0 Å². The Morgan fingerprint density at radius 2 is 1.93 bits per heavy atom. The number of aromatic nitrogens is 1. The summed E-state index contributed by atoms with van der Waals surface area (Å²) in [4.78, 5) is 13.0. The molecule has 0 aliphatic carbocycles. The van der Waals surface area contributed by atoms with Gasteiger partial charge in [0.25, 0.3) is 0 Å². The lowest BCUT2D eigenvalue weighted by atomic mass is 10.2. The predicted molar refractivity (Wildman–Crippen MR) is 114 cm³/mol. The monoisotopic (exact) mass is 426 g/mol. The molecule has 6 nitrogen and oxygen atoms in total. The fourth-order valence-corrected chi connectivity index (χ4v) is 4.03. The standard InChI is InChI=1S/C21H33F3N6/c1-2-25-20(28-18-9-12-29(15-18)16-21(22,23)24)27-14-17-7-8-19(26-13-17)30-10-5-3-4-6-11-30/h7-8,13,18H,2-6,9-12,14-16H2,1H3,(H2,25,27,28). The van der Waals surface area contributed by atoms with E-state index in [1.54, 1.807) is 0 Å². The van der Waals surface area contributed by atoms with Crippen molar-refractivity contribution in [2.75, 3.05) is 44.2 Å². The molecule has 1 unspecified atom stereocenters. The predicted octanol–water partition coefficient (Wildman–Crippen LogP) is 3.15. The third-order valence-electron chi connectivity index (χ3n) is 5.52. The van der Waals surface area contributed by atoms with Gasteiger partial charge in [-0.2, -0.15) is 13.2 Å². The minimum atomic E-state index is -4.15. The van der Waals surface area contributed by atoms with Crippen LogP contribution in [0.4, 0.5) is 19.0 Å². The number of guanidine groups is 1. The van der Waals surface area contributed by atoms with E-state index in [0.717, 1.165) is 24.5 Å². The molecule has 3 rings (SSSR count). The average Bonchev–Trinajstić information content (AvgIpc) is 2.95. The highest BCUT2D eigenvalue weighted by atomic mass is 19.4. The number of alkyl halides is 3. The number of hydrogen-bond donors (Lipinski definition) is 2. The fraction of sp³-hybridized carbons (Fsp3) is 0.714. The Balaban J connectivity index is 1.53. The van der Waals surface area contributed by atoms with Crippen molar-refractivity contribution in [2.45, 2.75) is 57.8 Å². The summed E-state index contributed by atoms with van der Waals surface area (Å²) >= 11 is 0. The number of likely N-dealkylation sites (tertiary alicyclic amines) is 1. The van der Waals surface area contributed by atoms with Crippen LogP contribution in [0.1, 0.15) is 44.6 Å². The van der Waals surface area contributed by atoms with E-state index < -0.39 is 12.7 Å². The molecule has 1 atom stereocenters. The van der Waals surface area contributed by atoms with Crippen molar-refractivity contribution >= 4 is 11.8 Å². The summed E-state index contributed by atoms with van der Waals surface area (Å²) in [5.74, 6) is 1.65. The first-order valence-corrected chi connectivity index (χ1v) is 11.0. The van der Waals surface area contributed by atoms with Crippen LogP contribution in [0.5, 0.6) is 0 Å². The summed E-state index contributed by atoms with van der Waals surface area (Å²) in [6.07, 6.45) is 3.40. The van der Waals surface area contributed by atoms with Gasteiger partial charge in [0.2, 0.25) is 0 Å². The summed E-state index contributed by atoms with van der Waals surface area (Å²) in [6, 6.07) is 4.08. The van der Waals surface area contributed by atoms with Crippen LogP contribution < -0.4 is 15.5 Å². The number of rotatable bonds is 6. The van der Waals surface area contributed by atoms with Crippen LogP contribution in [0.25, 0.3) is 0 Å². The molecule has 168 valence electrons. The van der Waals surface area contributed by atoms with Crippen LogP contribution in [0.2, 0.25) is 0 Å². The van der Waals surface area contributed by atoms with Crippen molar-refractivity contribution in [3.63, 3.8) is 0 Å². The van der Waals surface area contributed by atoms with Crippen molar-refractivity contribution in [1.29, 1.82) is 0 Å². The van der Waals surface area contributed by atoms with Gasteiger partial charge in [-0.25, -0.2) is 9.98 Å². The van der Waals surface area contributed by atoms with Crippen LogP contribution in [-0.2, 0) is 6.54 Å². The highest BCUT2D eigenvalue weighted by Gasteiger charge is 2.34. The van der Waals surface area contributed by atoms with Gasteiger partial charge in [0.05, 0.1) is 13.1 Å². The zero-order chi connectivity index (χ0) is 21.4. The zero-order valence-corrected chi connectivity index (χ0v) is 17.7. The molecule has 30 heavy (non-hydrogen) atoms. The minimum absolute atomic E-state index is 0.0336. The highest BCUT2D eigenvalue weighted by Crippen LogP contribution is 2.20. The number of anilines is 1. The van der Waals surface area contributed by atoms with Gasteiger partial charge in [0.1, 0.15) is 5.82 Å². The van der Waals surface area contributed by atoms with E-state index in [9.17, 15) is 13.2 Å². The van der Waals surface area contributed by atoms with Crippen molar-refractivity contribution in [3.05, 3.63) is 23.9 Å². The van der Waals surface area contributed by atoms with Gasteiger partial charge >= 0.3 is 6.18 Å². The second-order valence-electron chi connectivity index (χ2n) is 8.10. The second-order valence-corrected chi connectivity index (χ2v) is 8.10. The second kappa shape index (κ2) is 10.8. The lowest BCUT2D eigenvalue weighted by molar-refractivity contribution is -0.143. The van der Waals surface area contributed by atoms with Gasteiger partial charge in [-0.15, -0.1) is 0 Å². The molecule has 2 saturated heterocycles. The van der Waals surface area contributed by atoms with Crippen molar-refractivity contribution in [1.82, 2.24) is 20.5 Å². The van der Waals surface area contributed by atoms with E-state index in [2.05, 4.69) is 37.6 Å². The maximum Gasteiger partial charge on any atom is 0.401 e. The van der Waals surface area contributed by atoms with Gasteiger partial charge in [-0.1, -0.05) is 18.9 Å². The molecule has 2 N–H and O–H groups in total. The smallest absolute Gasteiger partial charge is 0.357 e. The van der Waals surface area contributed by atoms with Crippen molar-refractivity contribution in [3.8, 4) is 0 Å². The topological polar surface area (TPSA) is 55.8 Å². The molecule has 0 amide bonds. The molecule has 2 aliphatic rings. The number of hydrogen-bond acceptors (Lipinski definition) is 4. The van der Waals surface area contributed by atoms with E-state index in [4.69, 9.17) is 0 Å². The SMILES string of the molecule is CCNC(=NCc1ccc(N2CCCCCC2)nc1)NC1CCN(CC(F)(F)F)C1. The van der Waals surface area contributed by atoms with Crippen LogP contribution in [0.15, 0.2) is 23.3 Å². The number of nitrogens with one attached hydrogen (secondary N) is 2. The number of nitrogens with zero attached hydrogens (tertiary/aromatic N) is 4. The molecule has 0 radical (unpaired) electrons.